The summed E-state index contributed by atoms with van der Waals surface area (Å²) in [6, 6.07) is 0.811. The molecule has 4 heteroatoms. The Balaban J connectivity index is 2.10. The molecule has 2 rings (SSSR count). The third-order valence-electron chi connectivity index (χ3n) is 3.71. The fourth-order valence-corrected chi connectivity index (χ4v) is 3.02. The van der Waals surface area contributed by atoms with Crippen LogP contribution in [0.15, 0.2) is 0 Å². The van der Waals surface area contributed by atoms with E-state index in [-0.39, 0.29) is 6.09 Å². The largest absolute Gasteiger partial charge is 0.453 e. The van der Waals surface area contributed by atoms with Crippen molar-refractivity contribution in [3.63, 3.8) is 0 Å². The fraction of sp³-hybridized carbons (Fsp3) is 0.909. The Hall–Kier alpha value is -0.770. The number of nitrogens with one attached hydrogen (secondary N) is 1. The molecule has 2 aliphatic heterocycles. The highest BCUT2D eigenvalue weighted by Gasteiger charge is 2.44. The van der Waals surface area contributed by atoms with E-state index in [2.05, 4.69) is 12.2 Å². The normalized spacial score (nSPS) is 35.1. The number of fused-ring (bicyclic) bond motifs is 1. The zero-order valence-corrected chi connectivity index (χ0v) is 9.53. The van der Waals surface area contributed by atoms with Crippen LogP contribution in [0.25, 0.3) is 0 Å². The van der Waals surface area contributed by atoms with Gasteiger partial charge in [-0.3, -0.25) is 0 Å². The van der Waals surface area contributed by atoms with E-state index < -0.39 is 0 Å². The van der Waals surface area contributed by atoms with Crippen LogP contribution in [-0.4, -0.2) is 43.3 Å². The van der Waals surface area contributed by atoms with Crippen LogP contribution in [0.4, 0.5) is 4.79 Å². The molecule has 0 aromatic heterocycles. The second-order valence-corrected chi connectivity index (χ2v) is 4.48. The molecule has 0 aliphatic carbocycles. The highest BCUT2D eigenvalue weighted by atomic mass is 16.5. The van der Waals surface area contributed by atoms with Gasteiger partial charge in [0.2, 0.25) is 0 Å². The van der Waals surface area contributed by atoms with Gasteiger partial charge in [0, 0.05) is 12.6 Å². The van der Waals surface area contributed by atoms with Gasteiger partial charge in [-0.05, 0) is 31.7 Å². The van der Waals surface area contributed by atoms with Gasteiger partial charge in [0.15, 0.2) is 0 Å². The molecule has 2 saturated heterocycles. The Labute approximate surface area is 91.0 Å². The van der Waals surface area contributed by atoms with Gasteiger partial charge in [0.05, 0.1) is 13.2 Å². The highest BCUT2D eigenvalue weighted by Crippen LogP contribution is 2.31. The third kappa shape index (κ3) is 1.83. The average molecular weight is 212 g/mol. The number of ether oxygens (including phenoxy) is 1. The predicted molar refractivity (Wildman–Crippen MR) is 57.7 cm³/mol. The quantitative estimate of drug-likeness (QED) is 0.710. The fourth-order valence-electron chi connectivity index (χ4n) is 3.02. The van der Waals surface area contributed by atoms with Crippen molar-refractivity contribution in [2.24, 2.45) is 5.92 Å². The highest BCUT2D eigenvalue weighted by molar-refractivity contribution is 5.68. The zero-order chi connectivity index (χ0) is 10.8. The van der Waals surface area contributed by atoms with Crippen LogP contribution in [0, 0.1) is 5.92 Å². The molecule has 0 saturated carbocycles. The molecule has 0 radical (unpaired) electrons. The van der Waals surface area contributed by atoms with Crippen LogP contribution < -0.4 is 5.32 Å². The van der Waals surface area contributed by atoms with Gasteiger partial charge >= 0.3 is 6.09 Å². The van der Waals surface area contributed by atoms with Gasteiger partial charge in [0.25, 0.3) is 0 Å². The maximum absolute atomic E-state index is 11.6. The maximum atomic E-state index is 11.6. The average Bonchev–Trinajstić information content (AvgIpc) is 2.66. The summed E-state index contributed by atoms with van der Waals surface area (Å²) in [5.74, 6) is 0.628. The topological polar surface area (TPSA) is 41.6 Å². The molecular formula is C11H20N2O2. The second kappa shape index (κ2) is 4.39. The van der Waals surface area contributed by atoms with Crippen molar-refractivity contribution in [1.29, 1.82) is 0 Å². The number of amides is 1. The Morgan fingerprint density at radius 2 is 2.40 bits per heavy atom. The summed E-state index contributed by atoms with van der Waals surface area (Å²) in [6.07, 6.45) is 3.30. The molecule has 2 fully saturated rings. The number of methoxy groups -OCH3 is 1. The molecule has 86 valence electrons. The molecule has 0 aromatic rings. The second-order valence-electron chi connectivity index (χ2n) is 4.48. The van der Waals surface area contributed by atoms with E-state index in [1.165, 1.54) is 20.0 Å². The molecule has 2 aliphatic rings. The lowest BCUT2D eigenvalue weighted by atomic mass is 9.90. The molecule has 0 bridgehead atoms. The van der Waals surface area contributed by atoms with E-state index in [0.29, 0.717) is 18.0 Å². The molecule has 1 amide bonds. The Bertz CT molecular complexity index is 245. The van der Waals surface area contributed by atoms with Gasteiger partial charge in [-0.25, -0.2) is 4.79 Å². The lowest BCUT2D eigenvalue weighted by Gasteiger charge is -2.30. The predicted octanol–water partition coefficient (Wildman–Crippen LogP) is 1.22. The molecule has 3 unspecified atom stereocenters. The van der Waals surface area contributed by atoms with Crippen molar-refractivity contribution in [2.45, 2.75) is 38.3 Å². The van der Waals surface area contributed by atoms with Crippen molar-refractivity contribution >= 4 is 6.09 Å². The molecule has 15 heavy (non-hydrogen) atoms. The first-order valence-electron chi connectivity index (χ1n) is 5.86. The minimum Gasteiger partial charge on any atom is -0.453 e. The molecule has 0 aromatic carbocycles. The summed E-state index contributed by atoms with van der Waals surface area (Å²) in [4.78, 5) is 13.5. The standard InChI is InChI=1S/C11H20N2O2/c1-3-9-10-8(5-4-6-12-10)7-13(9)11(14)15-2/h8-10,12H,3-7H2,1-2H3. The number of rotatable bonds is 1. The maximum Gasteiger partial charge on any atom is 0.409 e. The number of nitrogens with zero attached hydrogens (tertiary/aromatic N) is 1. The Morgan fingerprint density at radius 1 is 1.60 bits per heavy atom. The van der Waals surface area contributed by atoms with E-state index >= 15 is 0 Å². The minimum atomic E-state index is -0.168. The van der Waals surface area contributed by atoms with Crippen molar-refractivity contribution in [3.8, 4) is 0 Å². The molecular weight excluding hydrogens is 192 g/mol. The van der Waals surface area contributed by atoms with Crippen molar-refractivity contribution in [1.82, 2.24) is 10.2 Å². The summed E-state index contributed by atoms with van der Waals surface area (Å²) in [5, 5.41) is 3.54. The first kappa shape index (κ1) is 10.7. The zero-order valence-electron chi connectivity index (χ0n) is 9.53. The van der Waals surface area contributed by atoms with Crippen LogP contribution in [0.1, 0.15) is 26.2 Å². The number of hydrogen-bond donors (Lipinski definition) is 1. The van der Waals surface area contributed by atoms with Crippen molar-refractivity contribution in [3.05, 3.63) is 0 Å². The number of hydrogen-bond acceptors (Lipinski definition) is 3. The van der Waals surface area contributed by atoms with E-state index in [0.717, 1.165) is 19.5 Å². The first-order valence-corrected chi connectivity index (χ1v) is 5.86. The smallest absolute Gasteiger partial charge is 0.409 e. The monoisotopic (exact) mass is 212 g/mol. The SMILES string of the molecule is CCC1C2NCCCC2CN1C(=O)OC. The van der Waals surface area contributed by atoms with E-state index in [1.54, 1.807) is 0 Å². The first-order chi connectivity index (χ1) is 7.27. The van der Waals surface area contributed by atoms with Crippen LogP contribution >= 0.6 is 0 Å². The van der Waals surface area contributed by atoms with E-state index in [9.17, 15) is 4.79 Å². The summed E-state index contributed by atoms with van der Waals surface area (Å²) >= 11 is 0. The minimum absolute atomic E-state index is 0.168. The number of carbonyl (C=O) groups is 1. The number of likely N-dealkylation sites (tertiary alicyclic amines) is 1. The Kier molecular flexibility index (Phi) is 3.14. The van der Waals surface area contributed by atoms with E-state index in [1.807, 2.05) is 4.90 Å². The van der Waals surface area contributed by atoms with Crippen LogP contribution in [0.2, 0.25) is 0 Å². The van der Waals surface area contributed by atoms with Crippen LogP contribution in [0.3, 0.4) is 0 Å². The third-order valence-corrected chi connectivity index (χ3v) is 3.71. The molecule has 3 atom stereocenters. The molecule has 0 spiro atoms. The molecule has 2 heterocycles. The summed E-state index contributed by atoms with van der Waals surface area (Å²) < 4.78 is 4.83. The van der Waals surface area contributed by atoms with Crippen molar-refractivity contribution in [2.75, 3.05) is 20.2 Å². The van der Waals surface area contributed by atoms with Gasteiger partial charge in [0.1, 0.15) is 0 Å². The van der Waals surface area contributed by atoms with Gasteiger partial charge in [-0.15, -0.1) is 0 Å². The molecule has 1 N–H and O–H groups in total. The number of carbonyl (C=O) groups excluding carboxylic acids is 1. The molecule has 4 nitrogen and oxygen atoms in total. The Morgan fingerprint density at radius 3 is 3.07 bits per heavy atom. The number of piperidine rings is 1. The van der Waals surface area contributed by atoms with Crippen LogP contribution in [-0.2, 0) is 4.74 Å². The van der Waals surface area contributed by atoms with Crippen LogP contribution in [0.5, 0.6) is 0 Å². The summed E-state index contributed by atoms with van der Waals surface area (Å²) in [6.45, 7) is 4.09. The van der Waals surface area contributed by atoms with E-state index in [4.69, 9.17) is 4.74 Å². The van der Waals surface area contributed by atoms with Gasteiger partial charge in [-0.2, -0.15) is 0 Å². The van der Waals surface area contributed by atoms with Crippen molar-refractivity contribution < 1.29 is 9.53 Å². The lowest BCUT2D eigenvalue weighted by molar-refractivity contribution is 0.115. The lowest BCUT2D eigenvalue weighted by Crippen LogP contribution is -2.47. The van der Waals surface area contributed by atoms with Gasteiger partial charge in [-0.1, -0.05) is 6.92 Å². The summed E-state index contributed by atoms with van der Waals surface area (Å²) in [5.41, 5.74) is 0. The summed E-state index contributed by atoms with van der Waals surface area (Å²) in [7, 11) is 1.46. The van der Waals surface area contributed by atoms with Gasteiger partial charge < -0.3 is 15.0 Å².